The van der Waals surface area contributed by atoms with E-state index in [4.69, 9.17) is 4.74 Å². The quantitative estimate of drug-likeness (QED) is 0.913. The van der Waals surface area contributed by atoms with Crippen LogP contribution in [-0.2, 0) is 0 Å². The lowest BCUT2D eigenvalue weighted by Gasteiger charge is -2.37. The Bertz CT molecular complexity index is 429. The van der Waals surface area contributed by atoms with Crippen molar-refractivity contribution in [1.82, 2.24) is 10.2 Å². The Labute approximate surface area is 122 Å². The molecule has 2 aliphatic rings. The van der Waals surface area contributed by atoms with Crippen molar-refractivity contribution in [2.24, 2.45) is 0 Å². The van der Waals surface area contributed by atoms with Crippen LogP contribution in [0.2, 0.25) is 0 Å². The minimum absolute atomic E-state index is 0.634. The average molecular weight is 274 g/mol. The van der Waals surface area contributed by atoms with Crippen molar-refractivity contribution in [3.63, 3.8) is 0 Å². The van der Waals surface area contributed by atoms with Gasteiger partial charge in [0.2, 0.25) is 0 Å². The Kier molecular flexibility index (Phi) is 4.58. The number of para-hydroxylation sites is 1. The van der Waals surface area contributed by atoms with Crippen molar-refractivity contribution >= 4 is 0 Å². The van der Waals surface area contributed by atoms with Crippen LogP contribution in [0.1, 0.15) is 37.7 Å². The molecule has 1 aromatic rings. The minimum Gasteiger partial charge on any atom is -0.493 e. The van der Waals surface area contributed by atoms with Crippen LogP contribution in [0.4, 0.5) is 0 Å². The van der Waals surface area contributed by atoms with E-state index in [2.05, 4.69) is 41.4 Å². The highest BCUT2D eigenvalue weighted by molar-refractivity contribution is 5.37. The van der Waals surface area contributed by atoms with Crippen LogP contribution >= 0.6 is 0 Å². The summed E-state index contributed by atoms with van der Waals surface area (Å²) in [7, 11) is 0. The van der Waals surface area contributed by atoms with E-state index >= 15 is 0 Å². The Morgan fingerprint density at radius 3 is 2.80 bits per heavy atom. The maximum absolute atomic E-state index is 5.79. The van der Waals surface area contributed by atoms with E-state index in [-0.39, 0.29) is 0 Å². The van der Waals surface area contributed by atoms with Gasteiger partial charge in [-0.25, -0.2) is 0 Å². The zero-order valence-electron chi connectivity index (χ0n) is 12.5. The van der Waals surface area contributed by atoms with E-state index in [1.165, 1.54) is 38.0 Å². The third kappa shape index (κ3) is 2.99. The number of hydrogen-bond donors (Lipinski definition) is 1. The van der Waals surface area contributed by atoms with Crippen LogP contribution in [0.5, 0.6) is 5.75 Å². The normalized spacial score (nSPS) is 23.4. The fraction of sp³-hybridized carbons (Fsp3) is 0.647. The molecular weight excluding hydrogens is 248 g/mol. The summed E-state index contributed by atoms with van der Waals surface area (Å²) in [6, 6.07) is 9.33. The van der Waals surface area contributed by atoms with Gasteiger partial charge in [-0.3, -0.25) is 4.90 Å². The van der Waals surface area contributed by atoms with Crippen molar-refractivity contribution in [3.8, 4) is 5.75 Å². The minimum atomic E-state index is 0.634. The van der Waals surface area contributed by atoms with Crippen LogP contribution in [0, 0.1) is 0 Å². The molecule has 0 amide bonds. The number of benzene rings is 1. The molecule has 0 bridgehead atoms. The van der Waals surface area contributed by atoms with Crippen LogP contribution in [-0.4, -0.2) is 43.7 Å². The first-order chi connectivity index (χ1) is 9.88. The van der Waals surface area contributed by atoms with Gasteiger partial charge in [-0.1, -0.05) is 25.1 Å². The van der Waals surface area contributed by atoms with Crippen molar-refractivity contribution in [1.29, 1.82) is 0 Å². The summed E-state index contributed by atoms with van der Waals surface area (Å²) in [6.45, 7) is 7.85. The molecule has 0 aliphatic carbocycles. The highest BCUT2D eigenvalue weighted by Gasteiger charge is 2.26. The van der Waals surface area contributed by atoms with E-state index < -0.39 is 0 Å². The standard InChI is InChI=1S/C17H26N2O/c1-2-19(15-7-10-18-11-8-15)13-14-9-12-20-17-6-4-3-5-16(14)17/h3-6,14-15,18H,2,7-13H2,1H3. The number of rotatable bonds is 4. The number of nitrogens with one attached hydrogen (secondary N) is 1. The van der Waals surface area contributed by atoms with Crippen LogP contribution in [0.15, 0.2) is 24.3 Å². The SMILES string of the molecule is CCN(CC1CCOc2ccccc21)C1CCNCC1. The average Bonchev–Trinajstić information content (AvgIpc) is 2.53. The molecule has 2 aliphatic heterocycles. The van der Waals surface area contributed by atoms with E-state index in [9.17, 15) is 0 Å². The number of nitrogens with zero attached hydrogens (tertiary/aromatic N) is 1. The smallest absolute Gasteiger partial charge is 0.122 e. The molecule has 0 spiro atoms. The van der Waals surface area contributed by atoms with E-state index in [0.29, 0.717) is 5.92 Å². The van der Waals surface area contributed by atoms with Gasteiger partial charge in [-0.15, -0.1) is 0 Å². The molecular formula is C17H26N2O. The molecule has 1 saturated heterocycles. The number of piperidine rings is 1. The Hall–Kier alpha value is -1.06. The third-order valence-electron chi connectivity index (χ3n) is 4.77. The summed E-state index contributed by atoms with van der Waals surface area (Å²) in [6.07, 6.45) is 3.73. The van der Waals surface area contributed by atoms with E-state index in [1.807, 2.05) is 0 Å². The molecule has 3 heteroatoms. The van der Waals surface area contributed by atoms with E-state index in [0.717, 1.165) is 31.4 Å². The van der Waals surface area contributed by atoms with Gasteiger partial charge in [0.25, 0.3) is 0 Å². The zero-order valence-corrected chi connectivity index (χ0v) is 12.5. The number of fused-ring (bicyclic) bond motifs is 1. The fourth-order valence-electron chi connectivity index (χ4n) is 3.60. The van der Waals surface area contributed by atoms with Crippen LogP contribution in [0.3, 0.4) is 0 Å². The van der Waals surface area contributed by atoms with Gasteiger partial charge in [0.15, 0.2) is 0 Å². The third-order valence-corrected chi connectivity index (χ3v) is 4.77. The topological polar surface area (TPSA) is 24.5 Å². The van der Waals surface area contributed by atoms with Crippen molar-refractivity contribution in [2.45, 2.75) is 38.1 Å². The molecule has 0 saturated carbocycles. The van der Waals surface area contributed by atoms with Gasteiger partial charge in [0.05, 0.1) is 6.61 Å². The Balaban J connectivity index is 1.70. The molecule has 1 unspecified atom stereocenters. The molecule has 1 aromatic carbocycles. The second-order valence-electron chi connectivity index (χ2n) is 5.94. The molecule has 0 aromatic heterocycles. The van der Waals surface area contributed by atoms with Gasteiger partial charge in [-0.2, -0.15) is 0 Å². The van der Waals surface area contributed by atoms with Gasteiger partial charge < -0.3 is 10.1 Å². The predicted octanol–water partition coefficient (Wildman–Crippen LogP) is 2.63. The van der Waals surface area contributed by atoms with Crippen LogP contribution < -0.4 is 10.1 Å². The number of hydrogen-bond acceptors (Lipinski definition) is 3. The molecule has 1 N–H and O–H groups in total. The summed E-state index contributed by atoms with van der Waals surface area (Å²) in [5.41, 5.74) is 1.41. The predicted molar refractivity (Wildman–Crippen MR) is 82.4 cm³/mol. The highest BCUT2D eigenvalue weighted by Crippen LogP contribution is 2.34. The monoisotopic (exact) mass is 274 g/mol. The summed E-state index contributed by atoms with van der Waals surface area (Å²) in [4.78, 5) is 2.69. The highest BCUT2D eigenvalue weighted by atomic mass is 16.5. The first-order valence-corrected chi connectivity index (χ1v) is 8.05. The molecule has 20 heavy (non-hydrogen) atoms. The van der Waals surface area contributed by atoms with Gasteiger partial charge in [0, 0.05) is 18.5 Å². The maximum atomic E-state index is 5.79. The van der Waals surface area contributed by atoms with Crippen LogP contribution in [0.25, 0.3) is 0 Å². The second kappa shape index (κ2) is 6.59. The van der Waals surface area contributed by atoms with Gasteiger partial charge >= 0.3 is 0 Å². The molecule has 0 radical (unpaired) electrons. The fourth-order valence-corrected chi connectivity index (χ4v) is 3.60. The lowest BCUT2D eigenvalue weighted by Crippen LogP contribution is -2.45. The summed E-state index contributed by atoms with van der Waals surface area (Å²) in [5.74, 6) is 1.74. The zero-order chi connectivity index (χ0) is 13.8. The van der Waals surface area contributed by atoms with Gasteiger partial charge in [0.1, 0.15) is 5.75 Å². The van der Waals surface area contributed by atoms with Crippen molar-refractivity contribution < 1.29 is 4.74 Å². The summed E-state index contributed by atoms with van der Waals surface area (Å²) < 4.78 is 5.79. The molecule has 3 rings (SSSR count). The molecule has 3 nitrogen and oxygen atoms in total. The second-order valence-corrected chi connectivity index (χ2v) is 5.94. The number of likely N-dealkylation sites (N-methyl/N-ethyl adjacent to an activating group) is 1. The lowest BCUT2D eigenvalue weighted by atomic mass is 9.91. The number of ether oxygens (including phenoxy) is 1. The molecule has 1 fully saturated rings. The van der Waals surface area contributed by atoms with E-state index in [1.54, 1.807) is 0 Å². The summed E-state index contributed by atoms with van der Waals surface area (Å²) >= 11 is 0. The first-order valence-electron chi connectivity index (χ1n) is 8.05. The Morgan fingerprint density at radius 1 is 1.20 bits per heavy atom. The first kappa shape index (κ1) is 13.9. The molecule has 1 atom stereocenters. The Morgan fingerprint density at radius 2 is 2.00 bits per heavy atom. The largest absolute Gasteiger partial charge is 0.493 e. The molecule has 110 valence electrons. The van der Waals surface area contributed by atoms with Crippen molar-refractivity contribution in [2.75, 3.05) is 32.8 Å². The summed E-state index contributed by atoms with van der Waals surface area (Å²) in [5, 5.41) is 3.47. The molecule has 2 heterocycles. The lowest BCUT2D eigenvalue weighted by molar-refractivity contribution is 0.146. The van der Waals surface area contributed by atoms with Crippen molar-refractivity contribution in [3.05, 3.63) is 29.8 Å². The van der Waals surface area contributed by atoms with Gasteiger partial charge in [-0.05, 0) is 50.5 Å². The maximum Gasteiger partial charge on any atom is 0.122 e.